The van der Waals surface area contributed by atoms with Gasteiger partial charge in [-0.1, -0.05) is 23.2 Å². The van der Waals surface area contributed by atoms with Crippen LogP contribution in [0.5, 0.6) is 5.75 Å². The number of likely N-dealkylation sites (tertiary alicyclic amines) is 1. The summed E-state index contributed by atoms with van der Waals surface area (Å²) in [6.45, 7) is 4.03. The lowest BCUT2D eigenvalue weighted by Crippen LogP contribution is -2.54. The maximum Gasteiger partial charge on any atom is 0.242 e. The number of piperidine rings is 1. The standard InChI is InChI=1S/C17H22Cl2N2O3.ClH/c18-13-7-14(19)9-15(8-13)24-10-12-1-4-21(5-2-12)17(22)16-11-23-6-3-20-16;/h7-9,12,16,20H,1-6,10-11H2;1H. The molecule has 0 bridgehead atoms. The monoisotopic (exact) mass is 408 g/mol. The van der Waals surface area contributed by atoms with Gasteiger partial charge < -0.3 is 19.7 Å². The van der Waals surface area contributed by atoms with Gasteiger partial charge in [-0.25, -0.2) is 0 Å². The Kier molecular flexibility index (Phi) is 8.10. The highest BCUT2D eigenvalue weighted by Crippen LogP contribution is 2.26. The quantitative estimate of drug-likeness (QED) is 0.830. The van der Waals surface area contributed by atoms with E-state index in [1.165, 1.54) is 0 Å². The van der Waals surface area contributed by atoms with Crippen molar-refractivity contribution in [2.75, 3.05) is 39.5 Å². The zero-order chi connectivity index (χ0) is 16.9. The van der Waals surface area contributed by atoms with E-state index in [-0.39, 0.29) is 24.4 Å². The first kappa shape index (κ1) is 20.6. The van der Waals surface area contributed by atoms with Gasteiger partial charge in [0.15, 0.2) is 0 Å². The van der Waals surface area contributed by atoms with Crippen LogP contribution in [0.15, 0.2) is 18.2 Å². The molecule has 2 saturated heterocycles. The number of halogens is 3. The number of nitrogens with zero attached hydrogens (tertiary/aromatic N) is 1. The second kappa shape index (κ2) is 9.83. The third kappa shape index (κ3) is 5.90. The number of carbonyl (C=O) groups is 1. The maximum atomic E-state index is 12.4. The highest BCUT2D eigenvalue weighted by atomic mass is 35.5. The fraction of sp³-hybridized carbons (Fsp3) is 0.588. The summed E-state index contributed by atoms with van der Waals surface area (Å²) in [6, 6.07) is 5.02. The van der Waals surface area contributed by atoms with Crippen LogP contribution >= 0.6 is 35.6 Å². The molecule has 2 aliphatic heterocycles. The van der Waals surface area contributed by atoms with E-state index in [9.17, 15) is 4.79 Å². The summed E-state index contributed by atoms with van der Waals surface area (Å²) in [5.74, 6) is 1.27. The molecule has 1 aromatic rings. The minimum Gasteiger partial charge on any atom is -0.493 e. The number of benzene rings is 1. The summed E-state index contributed by atoms with van der Waals surface area (Å²) >= 11 is 11.9. The van der Waals surface area contributed by atoms with Crippen LogP contribution in [0, 0.1) is 5.92 Å². The van der Waals surface area contributed by atoms with Crippen molar-refractivity contribution < 1.29 is 14.3 Å². The fourth-order valence-corrected chi connectivity index (χ4v) is 3.60. The Morgan fingerprint density at radius 2 is 1.92 bits per heavy atom. The van der Waals surface area contributed by atoms with Gasteiger partial charge in [0.1, 0.15) is 11.8 Å². The number of hydrogen-bond donors (Lipinski definition) is 1. The molecule has 3 rings (SSSR count). The molecular formula is C17H23Cl3N2O3. The van der Waals surface area contributed by atoms with Crippen molar-refractivity contribution in [3.8, 4) is 5.75 Å². The molecule has 2 heterocycles. The number of ether oxygens (including phenoxy) is 2. The van der Waals surface area contributed by atoms with Crippen molar-refractivity contribution in [2.45, 2.75) is 18.9 Å². The Morgan fingerprint density at radius 3 is 2.52 bits per heavy atom. The van der Waals surface area contributed by atoms with E-state index >= 15 is 0 Å². The van der Waals surface area contributed by atoms with Gasteiger partial charge in [-0.3, -0.25) is 4.79 Å². The summed E-state index contributed by atoms with van der Waals surface area (Å²) in [5.41, 5.74) is 0. The van der Waals surface area contributed by atoms with Gasteiger partial charge in [-0.15, -0.1) is 12.4 Å². The van der Waals surface area contributed by atoms with Crippen molar-refractivity contribution >= 4 is 41.5 Å². The number of nitrogens with one attached hydrogen (secondary N) is 1. The average Bonchev–Trinajstić information content (AvgIpc) is 2.60. The minimum atomic E-state index is -0.194. The zero-order valence-corrected chi connectivity index (χ0v) is 16.2. The molecule has 8 heteroatoms. The number of amides is 1. The van der Waals surface area contributed by atoms with Crippen LogP contribution in [-0.4, -0.2) is 56.3 Å². The maximum absolute atomic E-state index is 12.4. The molecule has 2 fully saturated rings. The van der Waals surface area contributed by atoms with Gasteiger partial charge in [0.05, 0.1) is 19.8 Å². The Bertz CT molecular complexity index is 554. The normalized spacial score (nSPS) is 21.5. The summed E-state index contributed by atoms with van der Waals surface area (Å²) in [7, 11) is 0. The van der Waals surface area contributed by atoms with Crippen LogP contribution in [0.25, 0.3) is 0 Å². The van der Waals surface area contributed by atoms with Crippen molar-refractivity contribution in [2.24, 2.45) is 5.92 Å². The molecule has 5 nitrogen and oxygen atoms in total. The molecule has 0 spiro atoms. The van der Waals surface area contributed by atoms with Gasteiger partial charge in [-0.05, 0) is 37.0 Å². The molecule has 25 heavy (non-hydrogen) atoms. The molecule has 1 atom stereocenters. The van der Waals surface area contributed by atoms with E-state index in [0.29, 0.717) is 41.5 Å². The van der Waals surface area contributed by atoms with Crippen molar-refractivity contribution in [1.82, 2.24) is 10.2 Å². The number of hydrogen-bond acceptors (Lipinski definition) is 4. The number of carbonyl (C=O) groups excluding carboxylic acids is 1. The summed E-state index contributed by atoms with van der Waals surface area (Å²) in [6.07, 6.45) is 1.88. The number of rotatable bonds is 4. The Hall–Kier alpha value is -0.720. The molecule has 140 valence electrons. The summed E-state index contributed by atoms with van der Waals surface area (Å²) < 4.78 is 11.2. The topological polar surface area (TPSA) is 50.8 Å². The first-order chi connectivity index (χ1) is 11.6. The second-order valence-corrected chi connectivity index (χ2v) is 7.14. The van der Waals surface area contributed by atoms with Gasteiger partial charge >= 0.3 is 0 Å². The average molecular weight is 410 g/mol. The van der Waals surface area contributed by atoms with Gasteiger partial charge in [0.25, 0.3) is 0 Å². The van der Waals surface area contributed by atoms with E-state index < -0.39 is 0 Å². The molecule has 0 radical (unpaired) electrons. The van der Waals surface area contributed by atoms with Gasteiger partial charge in [0, 0.05) is 29.7 Å². The third-order valence-electron chi connectivity index (χ3n) is 4.47. The molecule has 1 unspecified atom stereocenters. The lowest BCUT2D eigenvalue weighted by atomic mass is 9.97. The van der Waals surface area contributed by atoms with Crippen LogP contribution in [0.1, 0.15) is 12.8 Å². The Labute approximate surface area is 164 Å². The Morgan fingerprint density at radius 1 is 1.24 bits per heavy atom. The van der Waals surface area contributed by atoms with Crippen molar-refractivity contribution in [3.05, 3.63) is 28.2 Å². The second-order valence-electron chi connectivity index (χ2n) is 6.27. The van der Waals surface area contributed by atoms with Crippen LogP contribution in [0.3, 0.4) is 0 Å². The molecule has 1 N–H and O–H groups in total. The molecular weight excluding hydrogens is 387 g/mol. The summed E-state index contributed by atoms with van der Waals surface area (Å²) in [4.78, 5) is 14.4. The minimum absolute atomic E-state index is 0. The van der Waals surface area contributed by atoms with E-state index in [2.05, 4.69) is 5.32 Å². The molecule has 0 saturated carbocycles. The van der Waals surface area contributed by atoms with Crippen molar-refractivity contribution in [3.63, 3.8) is 0 Å². The summed E-state index contributed by atoms with van der Waals surface area (Å²) in [5, 5.41) is 4.36. The SMILES string of the molecule is Cl.O=C(C1COCCN1)N1CCC(COc2cc(Cl)cc(Cl)c2)CC1. The Balaban J connectivity index is 0.00000225. The molecule has 1 aromatic carbocycles. The van der Waals surface area contributed by atoms with Crippen molar-refractivity contribution in [1.29, 1.82) is 0 Å². The fourth-order valence-electron chi connectivity index (χ4n) is 3.09. The zero-order valence-electron chi connectivity index (χ0n) is 13.9. The highest BCUT2D eigenvalue weighted by molar-refractivity contribution is 6.34. The largest absolute Gasteiger partial charge is 0.493 e. The van der Waals surface area contributed by atoms with E-state index in [1.54, 1.807) is 18.2 Å². The number of morpholine rings is 1. The van der Waals surface area contributed by atoms with E-state index in [4.69, 9.17) is 32.7 Å². The van der Waals surface area contributed by atoms with Gasteiger partial charge in [-0.2, -0.15) is 0 Å². The predicted octanol–water partition coefficient (Wildman–Crippen LogP) is 3.02. The smallest absolute Gasteiger partial charge is 0.242 e. The molecule has 1 amide bonds. The highest BCUT2D eigenvalue weighted by Gasteiger charge is 2.29. The molecule has 2 aliphatic rings. The van der Waals surface area contributed by atoms with E-state index in [1.807, 2.05) is 4.90 Å². The predicted molar refractivity (Wildman–Crippen MR) is 101 cm³/mol. The lowest BCUT2D eigenvalue weighted by molar-refractivity contribution is -0.137. The molecule has 0 aromatic heterocycles. The van der Waals surface area contributed by atoms with Crippen LogP contribution < -0.4 is 10.1 Å². The lowest BCUT2D eigenvalue weighted by Gasteiger charge is -2.35. The van der Waals surface area contributed by atoms with E-state index in [0.717, 1.165) is 32.5 Å². The van der Waals surface area contributed by atoms with Crippen LogP contribution in [0.2, 0.25) is 10.0 Å². The van der Waals surface area contributed by atoms with Crippen LogP contribution in [0.4, 0.5) is 0 Å². The first-order valence-electron chi connectivity index (χ1n) is 8.30. The van der Waals surface area contributed by atoms with Crippen LogP contribution in [-0.2, 0) is 9.53 Å². The van der Waals surface area contributed by atoms with Gasteiger partial charge in [0.2, 0.25) is 5.91 Å². The molecule has 0 aliphatic carbocycles. The first-order valence-corrected chi connectivity index (χ1v) is 9.06. The third-order valence-corrected chi connectivity index (χ3v) is 4.90.